The Morgan fingerprint density at radius 2 is 1.88 bits per heavy atom. The quantitative estimate of drug-likeness (QED) is 0.856. The number of benzene rings is 1. The Bertz CT molecular complexity index is 494. The molecule has 0 saturated carbocycles. The predicted molar refractivity (Wildman–Crippen MR) is 68.1 cm³/mol. The second kappa shape index (κ2) is 5.51. The number of carbonyl (C=O) groups excluding carboxylic acids is 1. The summed E-state index contributed by atoms with van der Waals surface area (Å²) in [5.74, 6) is -0.269. The minimum atomic E-state index is -3.20. The molecule has 0 heterocycles. The summed E-state index contributed by atoms with van der Waals surface area (Å²) < 4.78 is 23.1. The molecule has 0 bridgehead atoms. The molecule has 1 atom stereocenters. The van der Waals surface area contributed by atoms with Crippen molar-refractivity contribution in [3.05, 3.63) is 24.3 Å². The van der Waals surface area contributed by atoms with Crippen LogP contribution in [-0.4, -0.2) is 25.5 Å². The molecular weight excluding hydrogens is 262 g/mol. The molecule has 4 nitrogen and oxygen atoms in total. The number of sulfone groups is 1. The number of amides is 1. The highest BCUT2D eigenvalue weighted by Crippen LogP contribution is 2.15. The van der Waals surface area contributed by atoms with E-state index in [0.717, 1.165) is 0 Å². The van der Waals surface area contributed by atoms with Crippen LogP contribution in [0.3, 0.4) is 0 Å². The molecule has 1 rings (SSSR count). The molecule has 0 aliphatic carbocycles. The molecule has 0 radical (unpaired) electrons. The van der Waals surface area contributed by atoms with E-state index in [2.05, 4.69) is 5.32 Å². The fourth-order valence-corrected chi connectivity index (χ4v) is 2.09. The summed E-state index contributed by atoms with van der Waals surface area (Å²) in [6, 6.07) is 6.01. The van der Waals surface area contributed by atoms with Crippen molar-refractivity contribution in [2.24, 2.45) is 0 Å². The zero-order chi connectivity index (χ0) is 13.1. The number of hydrogen-bond donors (Lipinski definition) is 1. The van der Waals surface area contributed by atoms with Crippen molar-refractivity contribution < 1.29 is 13.2 Å². The van der Waals surface area contributed by atoms with Crippen LogP contribution in [0, 0.1) is 0 Å². The van der Waals surface area contributed by atoms with Crippen LogP contribution >= 0.6 is 11.6 Å². The van der Waals surface area contributed by atoms with Gasteiger partial charge in [-0.1, -0.05) is 6.92 Å². The van der Waals surface area contributed by atoms with E-state index in [0.29, 0.717) is 5.69 Å². The number of hydrogen-bond acceptors (Lipinski definition) is 3. The van der Waals surface area contributed by atoms with Gasteiger partial charge in [-0.3, -0.25) is 4.79 Å². The Morgan fingerprint density at radius 3 is 2.29 bits per heavy atom. The van der Waals surface area contributed by atoms with Gasteiger partial charge in [0.25, 0.3) is 0 Å². The average molecular weight is 276 g/mol. The van der Waals surface area contributed by atoms with Crippen LogP contribution in [0.25, 0.3) is 0 Å². The van der Waals surface area contributed by atoms with Crippen molar-refractivity contribution in [2.45, 2.75) is 24.1 Å². The molecule has 0 fully saturated rings. The second-order valence-corrected chi connectivity index (χ2v) is 6.47. The van der Waals surface area contributed by atoms with Gasteiger partial charge in [-0.2, -0.15) is 0 Å². The lowest BCUT2D eigenvalue weighted by Crippen LogP contribution is -2.20. The van der Waals surface area contributed by atoms with Gasteiger partial charge in [0, 0.05) is 5.69 Å². The summed E-state index contributed by atoms with van der Waals surface area (Å²) in [6.45, 7) is 3.15. The van der Waals surface area contributed by atoms with E-state index in [1.807, 2.05) is 0 Å². The molecule has 1 aromatic rings. The predicted octanol–water partition coefficient (Wildman–Crippen LogP) is 2.05. The van der Waals surface area contributed by atoms with Gasteiger partial charge >= 0.3 is 0 Å². The minimum absolute atomic E-state index is 0.0530. The molecule has 0 aliphatic rings. The summed E-state index contributed by atoms with van der Waals surface area (Å²) in [4.78, 5) is 11.5. The van der Waals surface area contributed by atoms with Crippen LogP contribution < -0.4 is 5.32 Å². The van der Waals surface area contributed by atoms with Crippen LogP contribution in [0.2, 0.25) is 0 Å². The number of rotatable bonds is 4. The Morgan fingerprint density at radius 1 is 1.35 bits per heavy atom. The molecule has 17 heavy (non-hydrogen) atoms. The van der Waals surface area contributed by atoms with Gasteiger partial charge in [-0.05, 0) is 31.2 Å². The van der Waals surface area contributed by atoms with Gasteiger partial charge < -0.3 is 5.32 Å². The van der Waals surface area contributed by atoms with Crippen LogP contribution in [0.15, 0.2) is 29.2 Å². The Kier molecular flexibility index (Phi) is 4.54. The van der Waals surface area contributed by atoms with E-state index >= 15 is 0 Å². The molecule has 0 aliphatic heterocycles. The highest BCUT2D eigenvalue weighted by Gasteiger charge is 2.12. The average Bonchev–Trinajstić information content (AvgIpc) is 2.29. The molecule has 1 aromatic carbocycles. The number of nitrogens with one attached hydrogen (secondary N) is 1. The molecule has 94 valence electrons. The van der Waals surface area contributed by atoms with Crippen molar-refractivity contribution in [3.63, 3.8) is 0 Å². The molecule has 0 aromatic heterocycles. The van der Waals surface area contributed by atoms with E-state index in [4.69, 9.17) is 11.6 Å². The highest BCUT2D eigenvalue weighted by atomic mass is 35.5. The van der Waals surface area contributed by atoms with Gasteiger partial charge in [-0.15, -0.1) is 11.6 Å². The topological polar surface area (TPSA) is 63.2 Å². The first-order chi connectivity index (χ1) is 7.86. The number of alkyl halides is 1. The Balaban J connectivity index is 2.86. The summed E-state index contributed by atoms with van der Waals surface area (Å²) in [7, 11) is -3.20. The molecule has 1 unspecified atom stereocenters. The Labute approximate surface area is 106 Å². The van der Waals surface area contributed by atoms with E-state index in [-0.39, 0.29) is 16.6 Å². The number of halogens is 1. The van der Waals surface area contributed by atoms with Crippen molar-refractivity contribution in [3.8, 4) is 0 Å². The zero-order valence-electron chi connectivity index (χ0n) is 9.60. The minimum Gasteiger partial charge on any atom is -0.325 e. The molecule has 0 spiro atoms. The number of anilines is 1. The maximum absolute atomic E-state index is 11.5. The molecule has 0 saturated heterocycles. The fourth-order valence-electron chi connectivity index (χ4n) is 1.15. The third-order valence-corrected chi connectivity index (χ3v) is 4.17. The van der Waals surface area contributed by atoms with Gasteiger partial charge in [0.05, 0.1) is 10.6 Å². The lowest BCUT2D eigenvalue weighted by atomic mass is 10.3. The maximum Gasteiger partial charge on any atom is 0.242 e. The van der Waals surface area contributed by atoms with Crippen molar-refractivity contribution in [1.82, 2.24) is 0 Å². The first kappa shape index (κ1) is 14.0. The van der Waals surface area contributed by atoms with Gasteiger partial charge in [0.15, 0.2) is 9.84 Å². The van der Waals surface area contributed by atoms with E-state index in [1.54, 1.807) is 26.0 Å². The summed E-state index contributed by atoms with van der Waals surface area (Å²) in [5.41, 5.74) is 0.526. The number of carbonyl (C=O) groups is 1. The van der Waals surface area contributed by atoms with E-state index in [1.165, 1.54) is 12.1 Å². The van der Waals surface area contributed by atoms with Gasteiger partial charge in [-0.25, -0.2) is 8.42 Å². The Hall–Kier alpha value is -1.07. The van der Waals surface area contributed by atoms with Gasteiger partial charge in [0.2, 0.25) is 5.91 Å². The largest absolute Gasteiger partial charge is 0.325 e. The van der Waals surface area contributed by atoms with Crippen molar-refractivity contribution in [1.29, 1.82) is 0 Å². The van der Waals surface area contributed by atoms with Gasteiger partial charge in [0.1, 0.15) is 5.38 Å². The van der Waals surface area contributed by atoms with Crippen LogP contribution in [0.5, 0.6) is 0 Å². The highest BCUT2D eigenvalue weighted by molar-refractivity contribution is 7.91. The normalized spacial score (nSPS) is 13.1. The smallest absolute Gasteiger partial charge is 0.242 e. The van der Waals surface area contributed by atoms with E-state index < -0.39 is 15.2 Å². The standard InChI is InChI=1S/C11H14ClNO3S/c1-3-17(15,16)10-6-4-9(5-7-10)13-11(14)8(2)12/h4-8H,3H2,1-2H3,(H,13,14). The van der Waals surface area contributed by atoms with Crippen LogP contribution in [0.1, 0.15) is 13.8 Å². The maximum atomic E-state index is 11.5. The second-order valence-electron chi connectivity index (χ2n) is 3.53. The van der Waals surface area contributed by atoms with Crippen LogP contribution in [0.4, 0.5) is 5.69 Å². The molecule has 6 heteroatoms. The lowest BCUT2D eigenvalue weighted by molar-refractivity contribution is -0.115. The first-order valence-electron chi connectivity index (χ1n) is 5.14. The summed E-state index contributed by atoms with van der Waals surface area (Å²) >= 11 is 5.60. The summed E-state index contributed by atoms with van der Waals surface area (Å²) in [5, 5.41) is 1.94. The zero-order valence-corrected chi connectivity index (χ0v) is 11.2. The van der Waals surface area contributed by atoms with Crippen molar-refractivity contribution in [2.75, 3.05) is 11.1 Å². The molecule has 1 N–H and O–H groups in total. The van der Waals surface area contributed by atoms with E-state index in [9.17, 15) is 13.2 Å². The molecular formula is C11H14ClNO3S. The fraction of sp³-hybridized carbons (Fsp3) is 0.364. The van der Waals surface area contributed by atoms with Crippen molar-refractivity contribution >= 4 is 33.0 Å². The molecule has 1 amide bonds. The summed E-state index contributed by atoms with van der Waals surface area (Å²) in [6.07, 6.45) is 0. The monoisotopic (exact) mass is 275 g/mol. The van der Waals surface area contributed by atoms with Crippen LogP contribution in [-0.2, 0) is 14.6 Å². The SMILES string of the molecule is CCS(=O)(=O)c1ccc(NC(=O)C(C)Cl)cc1. The third kappa shape index (κ3) is 3.71. The first-order valence-corrected chi connectivity index (χ1v) is 7.23. The third-order valence-electron chi connectivity index (χ3n) is 2.22. The lowest BCUT2D eigenvalue weighted by Gasteiger charge is -2.07.